The van der Waals surface area contributed by atoms with Crippen molar-refractivity contribution in [2.24, 2.45) is 11.3 Å². The Hall–Kier alpha value is -2.03. The Morgan fingerprint density at radius 3 is 2.96 bits per heavy atom. The lowest BCUT2D eigenvalue weighted by molar-refractivity contribution is -0.138. The molecule has 3 fully saturated rings. The highest BCUT2D eigenvalue weighted by Gasteiger charge is 2.57. The maximum atomic E-state index is 13.0. The first-order valence-electron chi connectivity index (χ1n) is 8.29. The average Bonchev–Trinajstić information content (AvgIpc) is 3.11. The van der Waals surface area contributed by atoms with Crippen molar-refractivity contribution in [1.29, 1.82) is 0 Å². The first-order valence-corrected chi connectivity index (χ1v) is 8.29. The van der Waals surface area contributed by atoms with E-state index in [-0.39, 0.29) is 24.7 Å². The SMILES string of the molecule is COc1cc(N2C[C@@H]3COC[C@]3(C(=O)NC3CC(F)(F)C3)C2)ncn1. The predicted molar refractivity (Wildman–Crippen MR) is 83.7 cm³/mol. The summed E-state index contributed by atoms with van der Waals surface area (Å²) in [5, 5.41) is 2.79. The van der Waals surface area contributed by atoms with Crippen LogP contribution in [0.25, 0.3) is 0 Å². The van der Waals surface area contributed by atoms with Crippen LogP contribution in [0, 0.1) is 11.3 Å². The second kappa shape index (κ2) is 5.76. The zero-order valence-electron chi connectivity index (χ0n) is 13.9. The van der Waals surface area contributed by atoms with E-state index in [4.69, 9.17) is 9.47 Å². The highest BCUT2D eigenvalue weighted by molar-refractivity contribution is 5.85. The van der Waals surface area contributed by atoms with Crippen LogP contribution in [0.5, 0.6) is 5.88 Å². The molecule has 1 saturated carbocycles. The summed E-state index contributed by atoms with van der Waals surface area (Å²) in [7, 11) is 1.53. The summed E-state index contributed by atoms with van der Waals surface area (Å²) in [4.78, 5) is 23.1. The monoisotopic (exact) mass is 354 g/mol. The number of carbonyl (C=O) groups excluding carboxylic acids is 1. The van der Waals surface area contributed by atoms with Crippen molar-refractivity contribution in [3.63, 3.8) is 0 Å². The maximum absolute atomic E-state index is 13.0. The molecule has 0 radical (unpaired) electrons. The third kappa shape index (κ3) is 2.80. The number of alkyl halides is 2. The molecule has 9 heteroatoms. The second-order valence-corrected chi connectivity index (χ2v) is 7.10. The highest BCUT2D eigenvalue weighted by Crippen LogP contribution is 2.44. The van der Waals surface area contributed by atoms with Gasteiger partial charge in [0.1, 0.15) is 12.1 Å². The summed E-state index contributed by atoms with van der Waals surface area (Å²) in [6.07, 6.45) is 0.849. The maximum Gasteiger partial charge on any atom is 0.252 e. The van der Waals surface area contributed by atoms with Crippen molar-refractivity contribution in [2.75, 3.05) is 38.3 Å². The Morgan fingerprint density at radius 2 is 2.24 bits per heavy atom. The number of methoxy groups -OCH3 is 1. The number of halogens is 2. The first-order chi connectivity index (χ1) is 11.9. The van der Waals surface area contributed by atoms with Crippen LogP contribution in [-0.2, 0) is 9.53 Å². The van der Waals surface area contributed by atoms with Gasteiger partial charge in [0.25, 0.3) is 5.92 Å². The van der Waals surface area contributed by atoms with Crippen LogP contribution in [0.3, 0.4) is 0 Å². The van der Waals surface area contributed by atoms with Gasteiger partial charge in [-0.15, -0.1) is 0 Å². The normalized spacial score (nSPS) is 30.7. The smallest absolute Gasteiger partial charge is 0.252 e. The van der Waals surface area contributed by atoms with Crippen LogP contribution < -0.4 is 15.0 Å². The molecule has 7 nitrogen and oxygen atoms in total. The van der Waals surface area contributed by atoms with Crippen LogP contribution in [0.1, 0.15) is 12.8 Å². The number of nitrogens with one attached hydrogen (secondary N) is 1. The van der Waals surface area contributed by atoms with Crippen LogP contribution >= 0.6 is 0 Å². The number of hydrogen-bond donors (Lipinski definition) is 1. The van der Waals surface area contributed by atoms with Gasteiger partial charge in [-0.2, -0.15) is 0 Å². The number of hydrogen-bond acceptors (Lipinski definition) is 6. The number of anilines is 1. The minimum atomic E-state index is -2.65. The van der Waals surface area contributed by atoms with Crippen LogP contribution in [0.4, 0.5) is 14.6 Å². The number of carbonyl (C=O) groups is 1. The van der Waals surface area contributed by atoms with E-state index in [1.165, 1.54) is 13.4 Å². The molecule has 0 unspecified atom stereocenters. The Balaban J connectivity index is 1.49. The predicted octanol–water partition coefficient (Wildman–Crippen LogP) is 0.852. The number of ether oxygens (including phenoxy) is 2. The van der Waals surface area contributed by atoms with E-state index < -0.39 is 17.4 Å². The fraction of sp³-hybridized carbons (Fsp3) is 0.688. The molecular formula is C16H20F2N4O3. The van der Waals surface area contributed by atoms with Gasteiger partial charge in [-0.05, 0) is 0 Å². The lowest BCUT2D eigenvalue weighted by Gasteiger charge is -2.37. The fourth-order valence-electron chi connectivity index (χ4n) is 3.94. The van der Waals surface area contributed by atoms with Gasteiger partial charge in [-0.1, -0.05) is 0 Å². The van der Waals surface area contributed by atoms with Gasteiger partial charge in [-0.3, -0.25) is 4.79 Å². The van der Waals surface area contributed by atoms with Crippen molar-refractivity contribution < 1.29 is 23.0 Å². The van der Waals surface area contributed by atoms with Gasteiger partial charge in [-0.25, -0.2) is 18.7 Å². The molecular weight excluding hydrogens is 334 g/mol. The molecule has 2 aliphatic heterocycles. The van der Waals surface area contributed by atoms with Gasteiger partial charge < -0.3 is 19.7 Å². The van der Waals surface area contributed by atoms with E-state index in [2.05, 4.69) is 15.3 Å². The average molecular weight is 354 g/mol. The van der Waals surface area contributed by atoms with Crippen molar-refractivity contribution in [1.82, 2.24) is 15.3 Å². The summed E-state index contributed by atoms with van der Waals surface area (Å²) >= 11 is 0. The van der Waals surface area contributed by atoms with E-state index in [1.54, 1.807) is 6.07 Å². The third-order valence-corrected chi connectivity index (χ3v) is 5.41. The largest absolute Gasteiger partial charge is 0.481 e. The summed E-state index contributed by atoms with van der Waals surface area (Å²) < 4.78 is 36.7. The Morgan fingerprint density at radius 1 is 1.44 bits per heavy atom. The minimum Gasteiger partial charge on any atom is -0.481 e. The Bertz CT molecular complexity index is 681. The van der Waals surface area contributed by atoms with Gasteiger partial charge in [0.2, 0.25) is 11.8 Å². The van der Waals surface area contributed by atoms with Crippen LogP contribution in [0.15, 0.2) is 12.4 Å². The van der Waals surface area contributed by atoms with E-state index in [0.717, 1.165) is 0 Å². The van der Waals surface area contributed by atoms with Crippen molar-refractivity contribution in [3.8, 4) is 5.88 Å². The van der Waals surface area contributed by atoms with Crippen LogP contribution in [-0.4, -0.2) is 61.3 Å². The fourth-order valence-corrected chi connectivity index (χ4v) is 3.94. The number of amides is 1. The highest BCUT2D eigenvalue weighted by atomic mass is 19.3. The molecule has 2 atom stereocenters. The quantitative estimate of drug-likeness (QED) is 0.864. The molecule has 1 N–H and O–H groups in total. The molecule has 3 heterocycles. The molecule has 0 bridgehead atoms. The molecule has 2 saturated heterocycles. The van der Waals surface area contributed by atoms with Gasteiger partial charge in [0, 0.05) is 44.0 Å². The summed E-state index contributed by atoms with van der Waals surface area (Å²) in [5.41, 5.74) is -0.719. The zero-order chi connectivity index (χ0) is 17.7. The lowest BCUT2D eigenvalue weighted by Crippen LogP contribution is -2.56. The molecule has 136 valence electrons. The van der Waals surface area contributed by atoms with Crippen molar-refractivity contribution >= 4 is 11.7 Å². The van der Waals surface area contributed by atoms with E-state index in [1.807, 2.05) is 4.90 Å². The summed E-state index contributed by atoms with van der Waals surface area (Å²) in [6, 6.07) is 1.27. The molecule has 1 aliphatic carbocycles. The number of nitrogens with zero attached hydrogens (tertiary/aromatic N) is 3. The van der Waals surface area contributed by atoms with Gasteiger partial charge in [0.05, 0.1) is 25.7 Å². The molecule has 3 aliphatic rings. The molecule has 25 heavy (non-hydrogen) atoms. The second-order valence-electron chi connectivity index (χ2n) is 7.10. The lowest BCUT2D eigenvalue weighted by atomic mass is 9.79. The van der Waals surface area contributed by atoms with E-state index in [9.17, 15) is 13.6 Å². The molecule has 0 spiro atoms. The van der Waals surface area contributed by atoms with Gasteiger partial charge >= 0.3 is 0 Å². The molecule has 0 aromatic carbocycles. The number of aromatic nitrogens is 2. The minimum absolute atomic E-state index is 0.00838. The topological polar surface area (TPSA) is 76.6 Å². The number of fused-ring (bicyclic) bond motifs is 1. The van der Waals surface area contributed by atoms with Crippen molar-refractivity contribution in [2.45, 2.75) is 24.8 Å². The Kier molecular flexibility index (Phi) is 3.78. The van der Waals surface area contributed by atoms with Gasteiger partial charge in [0.15, 0.2) is 0 Å². The van der Waals surface area contributed by atoms with Crippen molar-refractivity contribution in [3.05, 3.63) is 12.4 Å². The van der Waals surface area contributed by atoms with E-state index >= 15 is 0 Å². The first kappa shape index (κ1) is 16.4. The molecule has 1 aromatic heterocycles. The van der Waals surface area contributed by atoms with E-state index in [0.29, 0.717) is 38.0 Å². The summed E-state index contributed by atoms with van der Waals surface area (Å²) in [5.74, 6) is -1.70. The van der Waals surface area contributed by atoms with Crippen LogP contribution in [0.2, 0.25) is 0 Å². The Labute approximate surface area is 143 Å². The standard InChI is InChI=1S/C16H20F2N4O3/c1-24-13-2-12(19-9-20-13)22-5-10-6-25-8-15(10,7-22)14(23)21-11-3-16(17,18)4-11/h2,9-11H,3-8H2,1H3,(H,21,23)/t10-,15-/m1/s1. The molecule has 4 rings (SSSR count). The molecule has 1 aromatic rings. The third-order valence-electron chi connectivity index (χ3n) is 5.41. The zero-order valence-corrected chi connectivity index (χ0v) is 13.9. The summed E-state index contributed by atoms with van der Waals surface area (Å²) in [6.45, 7) is 1.83. The molecule has 1 amide bonds. The number of rotatable bonds is 4.